The van der Waals surface area contributed by atoms with Crippen LogP contribution in [-0.4, -0.2) is 33.5 Å². The topological polar surface area (TPSA) is 72.7 Å². The van der Waals surface area contributed by atoms with Crippen LogP contribution in [0.1, 0.15) is 31.3 Å². The molecule has 7 nitrogen and oxygen atoms in total. The third-order valence-corrected chi connectivity index (χ3v) is 5.67. The lowest BCUT2D eigenvalue weighted by Crippen LogP contribution is -2.45. The molecule has 152 valence electrons. The fraction of sp³-hybridized carbons (Fsp3) is 0.227. The van der Waals surface area contributed by atoms with E-state index in [1.54, 1.807) is 0 Å². The van der Waals surface area contributed by atoms with Gasteiger partial charge in [-0.15, -0.1) is 0 Å². The van der Waals surface area contributed by atoms with Crippen molar-refractivity contribution in [3.05, 3.63) is 65.7 Å². The van der Waals surface area contributed by atoms with Gasteiger partial charge in [0.15, 0.2) is 16.6 Å². The molecular formula is C22H20N4O3S. The van der Waals surface area contributed by atoms with E-state index in [0.29, 0.717) is 28.3 Å². The Hall–Kier alpha value is -3.39. The summed E-state index contributed by atoms with van der Waals surface area (Å²) in [5, 5.41) is 8.34. The summed E-state index contributed by atoms with van der Waals surface area (Å²) in [7, 11) is 0. The third-order valence-electron chi connectivity index (χ3n) is 5.33. The predicted molar refractivity (Wildman–Crippen MR) is 116 cm³/mol. The van der Waals surface area contributed by atoms with Crippen LogP contribution in [-0.2, 0) is 0 Å². The largest absolute Gasteiger partial charge is 0.454 e. The van der Waals surface area contributed by atoms with E-state index in [2.05, 4.69) is 29.5 Å². The summed E-state index contributed by atoms with van der Waals surface area (Å²) in [6, 6.07) is 15.6. The van der Waals surface area contributed by atoms with Gasteiger partial charge in [-0.3, -0.25) is 0 Å². The summed E-state index contributed by atoms with van der Waals surface area (Å²) in [5.74, 6) is 2.35. The molecule has 3 heterocycles. The van der Waals surface area contributed by atoms with Crippen molar-refractivity contribution in [1.29, 1.82) is 0 Å². The minimum absolute atomic E-state index is 0.174. The fourth-order valence-electron chi connectivity index (χ4n) is 3.82. The molecule has 0 amide bonds. The van der Waals surface area contributed by atoms with E-state index < -0.39 is 0 Å². The zero-order valence-corrected chi connectivity index (χ0v) is 17.4. The lowest BCUT2D eigenvalue weighted by molar-refractivity contribution is 0.174. The van der Waals surface area contributed by atoms with Crippen LogP contribution in [0.4, 0.5) is 0 Å². The van der Waals surface area contributed by atoms with Crippen LogP contribution in [0, 0.1) is 0 Å². The second kappa shape index (κ2) is 7.46. The summed E-state index contributed by atoms with van der Waals surface area (Å²) in [6.45, 7) is 5.06. The number of fused-ring (bicyclic) bond motifs is 1. The molecule has 0 fully saturated rings. The molecule has 0 saturated heterocycles. The van der Waals surface area contributed by atoms with E-state index in [1.807, 2.05) is 48.2 Å². The molecule has 1 N–H and O–H groups in total. The zero-order valence-electron chi connectivity index (χ0n) is 16.6. The molecule has 1 aromatic heterocycles. The quantitative estimate of drug-likeness (QED) is 0.631. The van der Waals surface area contributed by atoms with Gasteiger partial charge < -0.3 is 24.2 Å². The van der Waals surface area contributed by atoms with Crippen molar-refractivity contribution in [2.75, 3.05) is 13.3 Å². The first kappa shape index (κ1) is 18.6. The fourth-order valence-corrected chi connectivity index (χ4v) is 4.20. The maximum absolute atomic E-state index is 5.73. The summed E-state index contributed by atoms with van der Waals surface area (Å²) < 4.78 is 16.6. The molecule has 30 heavy (non-hydrogen) atoms. The summed E-state index contributed by atoms with van der Waals surface area (Å²) in [6.07, 6.45) is 0. The van der Waals surface area contributed by atoms with Gasteiger partial charge in [0.1, 0.15) is 0 Å². The number of nitrogens with zero attached hydrogens (tertiary/aromatic N) is 3. The Balaban J connectivity index is 1.58. The van der Waals surface area contributed by atoms with Gasteiger partial charge >= 0.3 is 0 Å². The van der Waals surface area contributed by atoms with Crippen molar-refractivity contribution in [3.63, 3.8) is 0 Å². The van der Waals surface area contributed by atoms with Crippen molar-refractivity contribution in [2.24, 2.45) is 0 Å². The molecule has 8 heteroatoms. The number of thiocarbonyl (C=S) groups is 1. The standard InChI is InChI=1S/C22H20N4O3S/c1-3-26-13(2)18(19(23-22(26)30)14-7-5-4-6-8-14)21-24-20(25-29-21)15-9-10-16-17(11-15)28-12-27-16/h4-11,19H,3,12H2,1-2H3,(H,23,30). The highest BCUT2D eigenvalue weighted by molar-refractivity contribution is 7.80. The first-order chi connectivity index (χ1) is 14.7. The van der Waals surface area contributed by atoms with Crippen LogP contribution in [0.3, 0.4) is 0 Å². The van der Waals surface area contributed by atoms with E-state index in [0.717, 1.165) is 28.9 Å². The summed E-state index contributed by atoms with van der Waals surface area (Å²) in [5.41, 5.74) is 3.79. The first-order valence-corrected chi connectivity index (χ1v) is 10.1. The van der Waals surface area contributed by atoms with Gasteiger partial charge in [0.2, 0.25) is 12.6 Å². The normalized spacial score (nSPS) is 18.0. The molecule has 5 rings (SSSR count). The molecule has 0 aliphatic carbocycles. The van der Waals surface area contributed by atoms with Gasteiger partial charge in [-0.2, -0.15) is 4.98 Å². The Labute approximate surface area is 179 Å². The van der Waals surface area contributed by atoms with Crippen molar-refractivity contribution in [1.82, 2.24) is 20.4 Å². The maximum atomic E-state index is 5.73. The summed E-state index contributed by atoms with van der Waals surface area (Å²) in [4.78, 5) is 6.74. The van der Waals surface area contributed by atoms with E-state index in [1.165, 1.54) is 0 Å². The molecule has 0 radical (unpaired) electrons. The highest BCUT2D eigenvalue weighted by Gasteiger charge is 2.33. The lowest BCUT2D eigenvalue weighted by atomic mass is 9.95. The number of hydrogen-bond donors (Lipinski definition) is 1. The van der Waals surface area contributed by atoms with E-state index in [-0.39, 0.29) is 12.8 Å². The van der Waals surface area contributed by atoms with Crippen molar-refractivity contribution in [2.45, 2.75) is 19.9 Å². The number of ether oxygens (including phenoxy) is 2. The number of allylic oxidation sites excluding steroid dienone is 1. The number of benzene rings is 2. The molecule has 0 bridgehead atoms. The van der Waals surface area contributed by atoms with Gasteiger partial charge in [0.25, 0.3) is 5.89 Å². The molecule has 2 aliphatic rings. The average molecular weight is 420 g/mol. The molecule has 0 spiro atoms. The highest BCUT2D eigenvalue weighted by atomic mass is 32.1. The minimum Gasteiger partial charge on any atom is -0.454 e. The Kier molecular flexibility index (Phi) is 4.63. The zero-order chi connectivity index (χ0) is 20.7. The Morgan fingerprint density at radius 1 is 1.13 bits per heavy atom. The molecule has 0 saturated carbocycles. The van der Waals surface area contributed by atoms with Gasteiger partial charge in [0.05, 0.1) is 11.6 Å². The molecule has 1 atom stereocenters. The van der Waals surface area contributed by atoms with Gasteiger partial charge in [0, 0.05) is 17.8 Å². The van der Waals surface area contributed by atoms with E-state index in [4.69, 9.17) is 31.2 Å². The third kappa shape index (κ3) is 3.09. The van der Waals surface area contributed by atoms with Crippen LogP contribution in [0.2, 0.25) is 0 Å². The lowest BCUT2D eigenvalue weighted by Gasteiger charge is -2.36. The van der Waals surface area contributed by atoms with Gasteiger partial charge in [-0.05, 0) is 49.8 Å². The maximum Gasteiger partial charge on any atom is 0.258 e. The van der Waals surface area contributed by atoms with Gasteiger partial charge in [-0.1, -0.05) is 35.5 Å². The Bertz CT molecular complexity index is 1140. The van der Waals surface area contributed by atoms with Crippen LogP contribution in [0.25, 0.3) is 17.0 Å². The number of nitrogens with one attached hydrogen (secondary N) is 1. The molecule has 1 unspecified atom stereocenters. The van der Waals surface area contributed by atoms with Crippen molar-refractivity contribution in [3.8, 4) is 22.9 Å². The molecular weight excluding hydrogens is 400 g/mol. The number of hydrogen-bond acceptors (Lipinski definition) is 6. The average Bonchev–Trinajstić information content (AvgIpc) is 3.43. The second-order valence-electron chi connectivity index (χ2n) is 7.03. The molecule has 2 aliphatic heterocycles. The number of aromatic nitrogens is 2. The Morgan fingerprint density at radius 3 is 2.73 bits per heavy atom. The first-order valence-electron chi connectivity index (χ1n) is 9.73. The van der Waals surface area contributed by atoms with Crippen LogP contribution >= 0.6 is 12.2 Å². The van der Waals surface area contributed by atoms with E-state index in [9.17, 15) is 0 Å². The highest BCUT2D eigenvalue weighted by Crippen LogP contribution is 2.38. The van der Waals surface area contributed by atoms with Crippen molar-refractivity contribution < 1.29 is 14.0 Å². The van der Waals surface area contributed by atoms with Crippen LogP contribution in [0.15, 0.2) is 58.8 Å². The SMILES string of the molecule is CCN1C(=S)NC(c2ccccc2)C(c2nc(-c3ccc4c(c3)OCO4)no2)=C1C. The van der Waals surface area contributed by atoms with Gasteiger partial charge in [-0.25, -0.2) is 0 Å². The minimum atomic E-state index is -0.174. The van der Waals surface area contributed by atoms with Crippen LogP contribution < -0.4 is 14.8 Å². The van der Waals surface area contributed by atoms with E-state index >= 15 is 0 Å². The smallest absolute Gasteiger partial charge is 0.258 e. The summed E-state index contributed by atoms with van der Waals surface area (Å²) >= 11 is 5.60. The second-order valence-corrected chi connectivity index (χ2v) is 7.41. The van der Waals surface area contributed by atoms with Crippen LogP contribution in [0.5, 0.6) is 11.5 Å². The van der Waals surface area contributed by atoms with Crippen molar-refractivity contribution >= 4 is 22.9 Å². The monoisotopic (exact) mass is 420 g/mol. The molecule has 3 aromatic rings. The Morgan fingerprint density at radius 2 is 1.93 bits per heavy atom. The number of rotatable bonds is 4. The molecule has 2 aromatic carbocycles. The predicted octanol–water partition coefficient (Wildman–Crippen LogP) is 4.15.